The number of nitrogens with one attached hydrogen (secondary N) is 1. The number of aryl methyl sites for hydroxylation is 1. The van der Waals surface area contributed by atoms with Crippen LogP contribution in [0.3, 0.4) is 0 Å². The van der Waals surface area contributed by atoms with Crippen LogP contribution < -0.4 is 11.1 Å². The van der Waals surface area contributed by atoms with Gasteiger partial charge in [-0.1, -0.05) is 0 Å². The van der Waals surface area contributed by atoms with E-state index in [0.717, 1.165) is 18.8 Å². The second kappa shape index (κ2) is 2.70. The Morgan fingerprint density at radius 2 is 2.36 bits per heavy atom. The Labute approximate surface area is 69.6 Å². The first-order valence-corrected chi connectivity index (χ1v) is 4.67. The number of aromatic nitrogens is 1. The number of nitrogens with two attached hydrogens (primary N) is 1. The molecule has 3 N–H and O–H groups in total. The summed E-state index contributed by atoms with van der Waals surface area (Å²) in [5, 5.41) is 3.95. The second-order valence-electron chi connectivity index (χ2n) is 2.71. The lowest BCUT2D eigenvalue weighted by molar-refractivity contribution is 0.790. The van der Waals surface area contributed by atoms with Crippen LogP contribution >= 0.6 is 11.3 Å². The van der Waals surface area contributed by atoms with Gasteiger partial charge in [-0.05, 0) is 19.3 Å². The monoisotopic (exact) mass is 169 g/mol. The average Bonchev–Trinajstić information content (AvgIpc) is 2.17. The Morgan fingerprint density at radius 1 is 1.45 bits per heavy atom. The van der Waals surface area contributed by atoms with Gasteiger partial charge in [0.15, 0.2) is 5.13 Å². The Kier molecular flexibility index (Phi) is 1.69. The summed E-state index contributed by atoms with van der Waals surface area (Å²) in [6.45, 7) is 1.04. The van der Waals surface area contributed by atoms with Gasteiger partial charge in [-0.3, -0.25) is 0 Å². The van der Waals surface area contributed by atoms with Crippen LogP contribution in [0.2, 0.25) is 0 Å². The van der Waals surface area contributed by atoms with Crippen molar-refractivity contribution in [2.75, 3.05) is 17.6 Å². The van der Waals surface area contributed by atoms with Gasteiger partial charge in [0.2, 0.25) is 0 Å². The molecule has 0 aromatic carbocycles. The molecule has 1 aliphatic rings. The number of rotatable bonds is 0. The van der Waals surface area contributed by atoms with E-state index in [9.17, 15) is 0 Å². The molecule has 3 nitrogen and oxygen atoms in total. The molecule has 0 atom stereocenters. The molecule has 0 fully saturated rings. The van der Waals surface area contributed by atoms with E-state index >= 15 is 0 Å². The van der Waals surface area contributed by atoms with Crippen LogP contribution in [0.5, 0.6) is 0 Å². The lowest BCUT2D eigenvalue weighted by Crippen LogP contribution is -1.99. The summed E-state index contributed by atoms with van der Waals surface area (Å²) in [4.78, 5) is 5.52. The first kappa shape index (κ1) is 6.91. The molecular weight excluding hydrogens is 158 g/mol. The summed E-state index contributed by atoms with van der Waals surface area (Å²) in [5.41, 5.74) is 5.58. The highest BCUT2D eigenvalue weighted by atomic mass is 32.1. The largest absolute Gasteiger partial charge is 0.375 e. The first-order chi connectivity index (χ1) is 5.36. The van der Waals surface area contributed by atoms with Crippen LogP contribution in [0.25, 0.3) is 0 Å². The van der Waals surface area contributed by atoms with Crippen molar-refractivity contribution in [1.82, 2.24) is 4.98 Å². The molecule has 0 amide bonds. The van der Waals surface area contributed by atoms with Crippen molar-refractivity contribution < 1.29 is 0 Å². The predicted octanol–water partition coefficient (Wildman–Crippen LogP) is 1.47. The van der Waals surface area contributed by atoms with Crippen molar-refractivity contribution >= 4 is 22.3 Å². The lowest BCUT2D eigenvalue weighted by atomic mass is 10.2. The lowest BCUT2D eigenvalue weighted by Gasteiger charge is -1.96. The van der Waals surface area contributed by atoms with E-state index in [4.69, 9.17) is 5.73 Å². The molecule has 0 bridgehead atoms. The number of hydrogen-bond donors (Lipinski definition) is 2. The molecule has 1 aromatic rings. The predicted molar refractivity (Wildman–Crippen MR) is 48.0 cm³/mol. The van der Waals surface area contributed by atoms with Gasteiger partial charge >= 0.3 is 0 Å². The number of nitrogen functional groups attached to an aromatic ring is 1. The third kappa shape index (κ3) is 1.30. The zero-order valence-electron chi connectivity index (χ0n) is 6.26. The standard InChI is InChI=1S/C7H11N3S/c8-7-10-6-5(11-7)3-1-2-4-9-6/h9H,1-4H2,(H2,8,10). The Hall–Kier alpha value is -0.770. The molecule has 2 heterocycles. The Balaban J connectivity index is 2.32. The van der Waals surface area contributed by atoms with Gasteiger partial charge in [0.25, 0.3) is 0 Å². The fourth-order valence-electron chi connectivity index (χ4n) is 1.29. The molecule has 11 heavy (non-hydrogen) atoms. The molecule has 0 spiro atoms. The third-order valence-corrected chi connectivity index (χ3v) is 2.78. The number of fused-ring (bicyclic) bond motifs is 1. The van der Waals surface area contributed by atoms with Crippen molar-refractivity contribution in [1.29, 1.82) is 0 Å². The number of thiazole rings is 1. The minimum absolute atomic E-state index is 0.685. The molecule has 0 unspecified atom stereocenters. The maximum atomic E-state index is 5.58. The van der Waals surface area contributed by atoms with Gasteiger partial charge in [-0.25, -0.2) is 4.98 Å². The van der Waals surface area contributed by atoms with E-state index in [-0.39, 0.29) is 0 Å². The Morgan fingerprint density at radius 3 is 3.27 bits per heavy atom. The smallest absolute Gasteiger partial charge is 0.182 e. The molecule has 0 saturated carbocycles. The van der Waals surface area contributed by atoms with Gasteiger partial charge in [-0.2, -0.15) is 0 Å². The highest BCUT2D eigenvalue weighted by Crippen LogP contribution is 2.28. The van der Waals surface area contributed by atoms with E-state index < -0.39 is 0 Å². The van der Waals surface area contributed by atoms with Crippen molar-refractivity contribution in [2.45, 2.75) is 19.3 Å². The number of hydrogen-bond acceptors (Lipinski definition) is 4. The van der Waals surface area contributed by atoms with Gasteiger partial charge in [0.1, 0.15) is 5.82 Å². The fraction of sp³-hybridized carbons (Fsp3) is 0.571. The minimum atomic E-state index is 0.685. The van der Waals surface area contributed by atoms with E-state index in [2.05, 4.69) is 10.3 Å². The van der Waals surface area contributed by atoms with Gasteiger partial charge in [-0.15, -0.1) is 11.3 Å². The average molecular weight is 169 g/mol. The van der Waals surface area contributed by atoms with Crippen molar-refractivity contribution in [3.63, 3.8) is 0 Å². The second-order valence-corrected chi connectivity index (χ2v) is 3.82. The van der Waals surface area contributed by atoms with Crippen molar-refractivity contribution in [2.24, 2.45) is 0 Å². The molecule has 2 rings (SSSR count). The zero-order valence-corrected chi connectivity index (χ0v) is 7.08. The maximum Gasteiger partial charge on any atom is 0.182 e. The molecule has 0 saturated heterocycles. The molecule has 60 valence electrons. The molecule has 0 radical (unpaired) electrons. The van der Waals surface area contributed by atoms with Gasteiger partial charge in [0, 0.05) is 6.54 Å². The molecular formula is C7H11N3S. The van der Waals surface area contributed by atoms with Gasteiger partial charge in [0.05, 0.1) is 4.88 Å². The topological polar surface area (TPSA) is 50.9 Å². The summed E-state index contributed by atoms with van der Waals surface area (Å²) in [6.07, 6.45) is 3.63. The van der Waals surface area contributed by atoms with Crippen molar-refractivity contribution in [3.8, 4) is 0 Å². The third-order valence-electron chi connectivity index (χ3n) is 1.84. The SMILES string of the molecule is Nc1nc2c(s1)CCCCN2. The highest BCUT2D eigenvalue weighted by Gasteiger charge is 2.11. The summed E-state index contributed by atoms with van der Waals surface area (Å²) >= 11 is 1.61. The highest BCUT2D eigenvalue weighted by molar-refractivity contribution is 7.15. The van der Waals surface area contributed by atoms with Crippen LogP contribution in [0.4, 0.5) is 10.9 Å². The normalized spacial score (nSPS) is 16.7. The van der Waals surface area contributed by atoms with Crippen molar-refractivity contribution in [3.05, 3.63) is 4.88 Å². The van der Waals surface area contributed by atoms with Crippen LogP contribution in [-0.2, 0) is 6.42 Å². The van der Waals surface area contributed by atoms with Crippen LogP contribution in [0.1, 0.15) is 17.7 Å². The maximum absolute atomic E-state index is 5.58. The molecule has 0 aliphatic carbocycles. The van der Waals surface area contributed by atoms with E-state index in [1.807, 2.05) is 0 Å². The number of anilines is 2. The fourth-order valence-corrected chi connectivity index (χ4v) is 2.15. The summed E-state index contributed by atoms with van der Waals surface area (Å²) in [5.74, 6) is 1.02. The van der Waals surface area contributed by atoms with E-state index in [1.54, 1.807) is 11.3 Å². The summed E-state index contributed by atoms with van der Waals surface area (Å²) in [7, 11) is 0. The zero-order chi connectivity index (χ0) is 7.68. The van der Waals surface area contributed by atoms with Gasteiger partial charge < -0.3 is 11.1 Å². The first-order valence-electron chi connectivity index (χ1n) is 3.85. The molecule has 4 heteroatoms. The van der Waals surface area contributed by atoms with E-state index in [0.29, 0.717) is 5.13 Å². The quantitative estimate of drug-likeness (QED) is 0.618. The van der Waals surface area contributed by atoms with Crippen LogP contribution in [0.15, 0.2) is 0 Å². The Bertz CT molecular complexity index is 233. The number of nitrogens with zero attached hydrogens (tertiary/aromatic N) is 1. The molecule has 1 aliphatic heterocycles. The van der Waals surface area contributed by atoms with E-state index in [1.165, 1.54) is 17.7 Å². The minimum Gasteiger partial charge on any atom is -0.375 e. The van der Waals surface area contributed by atoms with Crippen LogP contribution in [-0.4, -0.2) is 11.5 Å². The summed E-state index contributed by atoms with van der Waals surface area (Å²) in [6, 6.07) is 0. The molecule has 1 aromatic heterocycles. The van der Waals surface area contributed by atoms with Crippen LogP contribution in [0, 0.1) is 0 Å². The summed E-state index contributed by atoms with van der Waals surface area (Å²) < 4.78 is 0.